The molecule has 11 heteroatoms. The summed E-state index contributed by atoms with van der Waals surface area (Å²) < 4.78 is 74.7. The maximum atomic E-state index is 13.8. The van der Waals surface area contributed by atoms with Crippen molar-refractivity contribution in [2.45, 2.75) is 52.7 Å². The van der Waals surface area contributed by atoms with Gasteiger partial charge >= 0.3 is 24.7 Å². The quantitative estimate of drug-likeness (QED) is 0.281. The van der Waals surface area contributed by atoms with E-state index < -0.39 is 55.3 Å². The van der Waals surface area contributed by atoms with Gasteiger partial charge in [0.1, 0.15) is 8.07 Å². The number of ether oxygens (including phenoxy) is 2. The Morgan fingerprint density at radius 2 is 1.70 bits per heavy atom. The minimum atomic E-state index is -5.07. The molecular weight excluding hydrogens is 429 g/mol. The molecule has 0 atom stereocenters. The molecular formula is C19H22F5NO4Si. The van der Waals surface area contributed by atoms with Crippen LogP contribution < -0.4 is 0 Å². The summed E-state index contributed by atoms with van der Waals surface area (Å²) in [5.41, 5.74) is -1.43. The molecule has 0 fully saturated rings. The van der Waals surface area contributed by atoms with E-state index in [-0.39, 0.29) is 17.9 Å². The molecule has 1 aromatic rings. The van der Waals surface area contributed by atoms with Gasteiger partial charge in [0.05, 0.1) is 18.2 Å². The lowest BCUT2D eigenvalue weighted by Gasteiger charge is -2.20. The van der Waals surface area contributed by atoms with Crippen molar-refractivity contribution in [1.29, 1.82) is 0 Å². The largest absolute Gasteiger partial charge is 0.465 e. The summed E-state index contributed by atoms with van der Waals surface area (Å²) in [4.78, 5) is 27.6. The molecule has 0 bridgehead atoms. The van der Waals surface area contributed by atoms with Crippen molar-refractivity contribution in [2.75, 3.05) is 7.11 Å². The van der Waals surface area contributed by atoms with Crippen LogP contribution in [-0.4, -0.2) is 38.7 Å². The molecule has 0 saturated carbocycles. The summed E-state index contributed by atoms with van der Waals surface area (Å²) >= 11 is 0. The standard InChI is InChI=1S/C19H22F5NO4Si/c1-10(2)9-12-11(7-8-30(4,5)6)15(19(22,23)24)25-14(13(12)16(26)28-3)17(27)29-18(20)21/h10,18H,9H2,1-6H3. The smallest absolute Gasteiger partial charge is 0.434 e. The first-order valence-electron chi connectivity index (χ1n) is 8.83. The zero-order valence-electron chi connectivity index (χ0n) is 17.3. The molecule has 1 aromatic heterocycles. The van der Waals surface area contributed by atoms with E-state index in [0.29, 0.717) is 0 Å². The first kappa shape index (κ1) is 25.6. The van der Waals surface area contributed by atoms with Gasteiger partial charge in [-0.25, -0.2) is 14.6 Å². The van der Waals surface area contributed by atoms with Gasteiger partial charge in [0.25, 0.3) is 0 Å². The highest BCUT2D eigenvalue weighted by Crippen LogP contribution is 2.35. The molecule has 0 aliphatic rings. The molecule has 1 rings (SSSR count). The van der Waals surface area contributed by atoms with Crippen LogP contribution in [0, 0.1) is 17.4 Å². The van der Waals surface area contributed by atoms with Crippen molar-refractivity contribution >= 4 is 20.0 Å². The Morgan fingerprint density at radius 1 is 1.13 bits per heavy atom. The molecule has 0 aliphatic carbocycles. The van der Waals surface area contributed by atoms with Crippen molar-refractivity contribution in [3.05, 3.63) is 28.1 Å². The first-order valence-corrected chi connectivity index (χ1v) is 12.3. The normalized spacial score (nSPS) is 11.9. The van der Waals surface area contributed by atoms with Gasteiger partial charge in [-0.05, 0) is 17.9 Å². The van der Waals surface area contributed by atoms with Crippen molar-refractivity contribution in [3.63, 3.8) is 0 Å². The van der Waals surface area contributed by atoms with E-state index in [2.05, 4.69) is 25.9 Å². The van der Waals surface area contributed by atoms with Gasteiger partial charge < -0.3 is 9.47 Å². The van der Waals surface area contributed by atoms with E-state index in [1.165, 1.54) is 0 Å². The zero-order chi connectivity index (χ0) is 23.4. The number of alkyl halides is 5. The number of pyridine rings is 1. The zero-order valence-corrected chi connectivity index (χ0v) is 18.3. The summed E-state index contributed by atoms with van der Waals surface area (Å²) in [6.07, 6.45) is -5.18. The van der Waals surface area contributed by atoms with Gasteiger partial charge in [0, 0.05) is 0 Å². The molecule has 0 aromatic carbocycles. The van der Waals surface area contributed by atoms with Crippen molar-refractivity contribution < 1.29 is 41.0 Å². The van der Waals surface area contributed by atoms with Gasteiger partial charge in [-0.3, -0.25) is 0 Å². The molecule has 0 amide bonds. The van der Waals surface area contributed by atoms with Crippen LogP contribution in [0.2, 0.25) is 19.6 Å². The minimum Gasteiger partial charge on any atom is -0.465 e. The van der Waals surface area contributed by atoms with Crippen LogP contribution in [0.3, 0.4) is 0 Å². The average molecular weight is 451 g/mol. The molecule has 30 heavy (non-hydrogen) atoms. The van der Waals surface area contributed by atoms with Crippen molar-refractivity contribution in [3.8, 4) is 11.5 Å². The summed E-state index contributed by atoms with van der Waals surface area (Å²) in [6.45, 7) is 5.14. The van der Waals surface area contributed by atoms with Crippen LogP contribution in [-0.2, 0) is 22.1 Å². The van der Waals surface area contributed by atoms with Crippen LogP contribution in [0.5, 0.6) is 0 Å². The third-order valence-corrected chi connectivity index (χ3v) is 4.40. The Hall–Kier alpha value is -2.48. The number of methoxy groups -OCH3 is 1. The second-order valence-corrected chi connectivity index (χ2v) is 12.5. The highest BCUT2D eigenvalue weighted by Gasteiger charge is 2.41. The summed E-state index contributed by atoms with van der Waals surface area (Å²) in [5, 5.41) is 0. The van der Waals surface area contributed by atoms with Crippen LogP contribution >= 0.6 is 0 Å². The van der Waals surface area contributed by atoms with E-state index >= 15 is 0 Å². The Kier molecular flexibility index (Phi) is 8.14. The molecule has 0 spiro atoms. The minimum absolute atomic E-state index is 0.110. The second-order valence-electron chi connectivity index (χ2n) is 7.79. The fraction of sp³-hybridized carbons (Fsp3) is 0.526. The molecule has 0 radical (unpaired) electrons. The van der Waals surface area contributed by atoms with E-state index in [1.54, 1.807) is 33.5 Å². The van der Waals surface area contributed by atoms with E-state index in [9.17, 15) is 31.5 Å². The van der Waals surface area contributed by atoms with Crippen LogP contribution in [0.25, 0.3) is 0 Å². The summed E-state index contributed by atoms with van der Waals surface area (Å²) in [6, 6.07) is 0. The maximum Gasteiger partial charge on any atom is 0.434 e. The molecule has 1 heterocycles. The topological polar surface area (TPSA) is 65.5 Å². The number of hydrogen-bond donors (Lipinski definition) is 0. The predicted octanol–water partition coefficient (Wildman–Crippen LogP) is 4.69. The van der Waals surface area contributed by atoms with E-state index in [0.717, 1.165) is 7.11 Å². The number of carbonyl (C=O) groups excluding carboxylic acids is 2. The van der Waals surface area contributed by atoms with Gasteiger partial charge in [0.2, 0.25) is 0 Å². The van der Waals surface area contributed by atoms with Gasteiger partial charge in [0.15, 0.2) is 11.4 Å². The first-order chi connectivity index (χ1) is 13.6. The molecule has 0 saturated heterocycles. The molecule has 0 aliphatic heterocycles. The number of rotatable bonds is 5. The van der Waals surface area contributed by atoms with Crippen LogP contribution in [0.1, 0.15) is 51.5 Å². The Balaban J connectivity index is 4.13. The lowest BCUT2D eigenvalue weighted by atomic mass is 9.91. The van der Waals surface area contributed by atoms with E-state index in [1.807, 2.05) is 0 Å². The molecule has 0 N–H and O–H groups in total. The third-order valence-electron chi connectivity index (χ3n) is 3.52. The lowest BCUT2D eigenvalue weighted by Crippen LogP contribution is -2.25. The Morgan fingerprint density at radius 3 is 2.10 bits per heavy atom. The number of halogens is 5. The second kappa shape index (κ2) is 9.55. The molecule has 5 nitrogen and oxygen atoms in total. The average Bonchev–Trinajstić information content (AvgIpc) is 2.56. The fourth-order valence-electron chi connectivity index (χ4n) is 2.44. The van der Waals surface area contributed by atoms with Gasteiger partial charge in [-0.2, -0.15) is 22.0 Å². The fourth-order valence-corrected chi connectivity index (χ4v) is 2.94. The van der Waals surface area contributed by atoms with Gasteiger partial charge in [-0.1, -0.05) is 39.4 Å². The van der Waals surface area contributed by atoms with Gasteiger partial charge in [-0.15, -0.1) is 5.54 Å². The highest BCUT2D eigenvalue weighted by atomic mass is 28.3. The third kappa shape index (κ3) is 6.79. The number of hydrogen-bond acceptors (Lipinski definition) is 5. The monoisotopic (exact) mass is 451 g/mol. The van der Waals surface area contributed by atoms with Crippen molar-refractivity contribution in [2.24, 2.45) is 5.92 Å². The predicted molar refractivity (Wildman–Crippen MR) is 101 cm³/mol. The summed E-state index contributed by atoms with van der Waals surface area (Å²) in [7, 11) is -1.22. The molecule has 166 valence electrons. The summed E-state index contributed by atoms with van der Waals surface area (Å²) in [5.74, 6) is -0.868. The number of esters is 2. The number of carbonyl (C=O) groups is 2. The van der Waals surface area contributed by atoms with Crippen LogP contribution in [0.15, 0.2) is 0 Å². The SMILES string of the molecule is COC(=O)c1c(C(=O)OC(F)F)nc(C(F)(F)F)c(C#C[Si](C)(C)C)c1CC(C)C. The number of nitrogens with zero attached hydrogens (tertiary/aromatic N) is 1. The molecule has 0 unspecified atom stereocenters. The lowest BCUT2D eigenvalue weighted by molar-refractivity contribution is -0.141. The Labute approximate surface area is 172 Å². The van der Waals surface area contributed by atoms with E-state index in [4.69, 9.17) is 0 Å². The van der Waals surface area contributed by atoms with Crippen LogP contribution in [0.4, 0.5) is 22.0 Å². The Bertz CT molecular complexity index is 880. The van der Waals surface area contributed by atoms with Crippen molar-refractivity contribution in [1.82, 2.24) is 4.98 Å². The highest BCUT2D eigenvalue weighted by molar-refractivity contribution is 6.83. The number of aromatic nitrogens is 1. The maximum absolute atomic E-state index is 13.8.